The third-order valence-corrected chi connectivity index (χ3v) is 4.98. The lowest BCUT2D eigenvalue weighted by Crippen LogP contribution is -2.31. The van der Waals surface area contributed by atoms with Crippen molar-refractivity contribution in [1.29, 1.82) is 0 Å². The number of nitrogens with one attached hydrogen (secondary N) is 1. The van der Waals surface area contributed by atoms with Crippen molar-refractivity contribution >= 4 is 11.7 Å². The van der Waals surface area contributed by atoms with E-state index in [4.69, 9.17) is 9.47 Å². The molecular weight excluding hydrogens is 356 g/mol. The van der Waals surface area contributed by atoms with E-state index in [9.17, 15) is 4.79 Å². The van der Waals surface area contributed by atoms with Crippen molar-refractivity contribution in [2.45, 2.75) is 39.2 Å². The van der Waals surface area contributed by atoms with Crippen LogP contribution in [-0.2, 0) is 13.0 Å². The predicted octanol–water partition coefficient (Wildman–Crippen LogP) is 2.98. The first-order valence-corrected chi connectivity index (χ1v) is 9.75. The largest absolute Gasteiger partial charge is 0.493 e. The number of unbranched alkanes of at least 4 members (excludes halogenated alkanes) is 2. The number of rotatable bonds is 8. The summed E-state index contributed by atoms with van der Waals surface area (Å²) in [6.45, 7) is 4.36. The second-order valence-corrected chi connectivity index (χ2v) is 6.87. The Morgan fingerprint density at radius 1 is 1.11 bits per heavy atom. The molecular formula is C21H28N4O3. The van der Waals surface area contributed by atoms with Gasteiger partial charge in [-0.25, -0.2) is 9.97 Å². The van der Waals surface area contributed by atoms with Gasteiger partial charge in [0.25, 0.3) is 5.91 Å². The SMILES string of the molecule is CCCCCNC(=O)c1cnc(N2CCc3cc(OC)c(OC)cc3C2)cn1. The number of hydrogen-bond acceptors (Lipinski definition) is 6. The van der Waals surface area contributed by atoms with E-state index in [2.05, 4.69) is 27.1 Å². The molecule has 0 saturated heterocycles. The summed E-state index contributed by atoms with van der Waals surface area (Å²) in [4.78, 5) is 23.1. The Morgan fingerprint density at radius 2 is 1.86 bits per heavy atom. The van der Waals surface area contributed by atoms with E-state index in [1.165, 1.54) is 11.1 Å². The molecule has 0 spiro atoms. The summed E-state index contributed by atoms with van der Waals surface area (Å²) in [7, 11) is 3.29. The van der Waals surface area contributed by atoms with Crippen LogP contribution in [0.15, 0.2) is 24.5 Å². The Morgan fingerprint density at radius 3 is 2.50 bits per heavy atom. The van der Waals surface area contributed by atoms with E-state index >= 15 is 0 Å². The minimum absolute atomic E-state index is 0.170. The van der Waals surface area contributed by atoms with Gasteiger partial charge in [0, 0.05) is 19.6 Å². The maximum Gasteiger partial charge on any atom is 0.271 e. The normalized spacial score (nSPS) is 13.0. The van der Waals surface area contributed by atoms with Crippen LogP contribution in [0.3, 0.4) is 0 Å². The van der Waals surface area contributed by atoms with Gasteiger partial charge in [-0.1, -0.05) is 19.8 Å². The fraction of sp³-hybridized carbons (Fsp3) is 0.476. The van der Waals surface area contributed by atoms with E-state index in [-0.39, 0.29) is 5.91 Å². The molecule has 1 aliphatic rings. The van der Waals surface area contributed by atoms with Crippen LogP contribution in [0.4, 0.5) is 5.82 Å². The van der Waals surface area contributed by atoms with Crippen molar-refractivity contribution in [3.8, 4) is 11.5 Å². The van der Waals surface area contributed by atoms with Crippen LogP contribution in [0, 0.1) is 0 Å². The zero-order valence-corrected chi connectivity index (χ0v) is 16.8. The van der Waals surface area contributed by atoms with Gasteiger partial charge in [-0.2, -0.15) is 0 Å². The minimum Gasteiger partial charge on any atom is -0.493 e. The van der Waals surface area contributed by atoms with Crippen LogP contribution in [0.1, 0.15) is 47.8 Å². The summed E-state index contributed by atoms with van der Waals surface area (Å²) >= 11 is 0. The van der Waals surface area contributed by atoms with Crippen molar-refractivity contribution in [2.75, 3.05) is 32.2 Å². The zero-order valence-electron chi connectivity index (χ0n) is 16.8. The molecule has 150 valence electrons. The van der Waals surface area contributed by atoms with E-state index < -0.39 is 0 Å². The molecule has 28 heavy (non-hydrogen) atoms. The number of hydrogen-bond donors (Lipinski definition) is 1. The minimum atomic E-state index is -0.170. The Bertz CT molecular complexity index is 808. The third-order valence-electron chi connectivity index (χ3n) is 4.98. The van der Waals surface area contributed by atoms with Gasteiger partial charge in [-0.15, -0.1) is 0 Å². The van der Waals surface area contributed by atoms with Gasteiger partial charge in [-0.05, 0) is 36.1 Å². The van der Waals surface area contributed by atoms with Gasteiger partial charge in [0.2, 0.25) is 0 Å². The maximum atomic E-state index is 12.1. The maximum absolute atomic E-state index is 12.1. The van der Waals surface area contributed by atoms with Crippen LogP contribution >= 0.6 is 0 Å². The lowest BCUT2D eigenvalue weighted by molar-refractivity contribution is 0.0947. The van der Waals surface area contributed by atoms with E-state index in [0.29, 0.717) is 18.8 Å². The van der Waals surface area contributed by atoms with Gasteiger partial charge in [0.05, 0.1) is 26.6 Å². The first-order chi connectivity index (χ1) is 13.7. The predicted molar refractivity (Wildman–Crippen MR) is 108 cm³/mol. The number of fused-ring (bicyclic) bond motifs is 1. The molecule has 2 heterocycles. The molecule has 0 atom stereocenters. The summed E-state index contributed by atoms with van der Waals surface area (Å²) in [6.07, 6.45) is 7.33. The summed E-state index contributed by atoms with van der Waals surface area (Å²) in [5.74, 6) is 2.08. The molecule has 1 aliphatic heterocycles. The van der Waals surface area contributed by atoms with Crippen LogP contribution < -0.4 is 19.7 Å². The number of amides is 1. The van der Waals surface area contributed by atoms with Crippen LogP contribution in [0.5, 0.6) is 11.5 Å². The van der Waals surface area contributed by atoms with E-state index in [1.807, 2.05) is 12.1 Å². The second kappa shape index (κ2) is 9.39. The number of ether oxygens (including phenoxy) is 2. The number of carbonyl (C=O) groups excluding carboxylic acids is 1. The van der Waals surface area contributed by atoms with Crippen LogP contribution in [-0.4, -0.2) is 43.2 Å². The second-order valence-electron chi connectivity index (χ2n) is 6.87. The Balaban J connectivity index is 1.66. The number of aromatic nitrogens is 2. The molecule has 7 heteroatoms. The quantitative estimate of drug-likeness (QED) is 0.705. The highest BCUT2D eigenvalue weighted by atomic mass is 16.5. The molecule has 7 nitrogen and oxygen atoms in total. The van der Waals surface area contributed by atoms with E-state index in [1.54, 1.807) is 26.6 Å². The van der Waals surface area contributed by atoms with Crippen LogP contribution in [0.25, 0.3) is 0 Å². The van der Waals surface area contributed by atoms with Gasteiger partial charge in [0.15, 0.2) is 11.5 Å². The summed E-state index contributed by atoms with van der Waals surface area (Å²) in [6, 6.07) is 4.06. The summed E-state index contributed by atoms with van der Waals surface area (Å²) in [5, 5.41) is 2.89. The highest BCUT2D eigenvalue weighted by Gasteiger charge is 2.21. The first kappa shape index (κ1) is 19.9. The van der Waals surface area contributed by atoms with Gasteiger partial charge in [0.1, 0.15) is 11.5 Å². The Kier molecular flexibility index (Phi) is 6.68. The number of methoxy groups -OCH3 is 2. The average Bonchev–Trinajstić information content (AvgIpc) is 2.75. The van der Waals surface area contributed by atoms with Crippen LogP contribution in [0.2, 0.25) is 0 Å². The van der Waals surface area contributed by atoms with E-state index in [0.717, 1.165) is 49.5 Å². The fourth-order valence-corrected chi connectivity index (χ4v) is 3.35. The smallest absolute Gasteiger partial charge is 0.271 e. The Labute approximate surface area is 166 Å². The Hall–Kier alpha value is -2.83. The summed E-state index contributed by atoms with van der Waals surface area (Å²) in [5.41, 5.74) is 2.79. The molecule has 0 unspecified atom stereocenters. The number of anilines is 1. The molecule has 1 N–H and O–H groups in total. The van der Waals surface area contributed by atoms with Gasteiger partial charge < -0.3 is 19.7 Å². The van der Waals surface area contributed by atoms with Crippen molar-refractivity contribution in [3.63, 3.8) is 0 Å². The highest BCUT2D eigenvalue weighted by Crippen LogP contribution is 2.34. The van der Waals surface area contributed by atoms with Crippen molar-refractivity contribution in [2.24, 2.45) is 0 Å². The first-order valence-electron chi connectivity index (χ1n) is 9.75. The number of carbonyl (C=O) groups is 1. The standard InChI is InChI=1S/C21H28N4O3/c1-4-5-6-8-22-21(26)17-12-24-20(13-23-17)25-9-7-15-10-18(27-2)19(28-3)11-16(15)14-25/h10-13H,4-9,14H2,1-3H3,(H,22,26). The topological polar surface area (TPSA) is 76.6 Å². The molecule has 1 aromatic heterocycles. The lowest BCUT2D eigenvalue weighted by Gasteiger charge is -2.30. The summed E-state index contributed by atoms with van der Waals surface area (Å²) < 4.78 is 10.8. The molecule has 0 bridgehead atoms. The fourth-order valence-electron chi connectivity index (χ4n) is 3.35. The van der Waals surface area contributed by atoms with Crippen molar-refractivity contribution in [3.05, 3.63) is 41.3 Å². The lowest BCUT2D eigenvalue weighted by atomic mass is 9.99. The molecule has 0 saturated carbocycles. The molecule has 1 amide bonds. The van der Waals surface area contributed by atoms with Crippen molar-refractivity contribution < 1.29 is 14.3 Å². The van der Waals surface area contributed by atoms with Gasteiger partial charge in [-0.3, -0.25) is 4.79 Å². The number of nitrogens with zero attached hydrogens (tertiary/aromatic N) is 3. The molecule has 1 aromatic carbocycles. The zero-order chi connectivity index (χ0) is 19.9. The molecule has 0 aliphatic carbocycles. The average molecular weight is 384 g/mol. The highest BCUT2D eigenvalue weighted by molar-refractivity contribution is 5.91. The van der Waals surface area contributed by atoms with Gasteiger partial charge >= 0.3 is 0 Å². The monoisotopic (exact) mass is 384 g/mol. The molecule has 0 radical (unpaired) electrons. The molecule has 0 fully saturated rings. The molecule has 2 aromatic rings. The van der Waals surface area contributed by atoms with Crippen molar-refractivity contribution in [1.82, 2.24) is 15.3 Å². The number of benzene rings is 1. The molecule has 3 rings (SSSR count). The third kappa shape index (κ3) is 4.52.